The summed E-state index contributed by atoms with van der Waals surface area (Å²) in [6.45, 7) is 15.5. The van der Waals surface area contributed by atoms with Crippen LogP contribution in [0, 0.1) is 0 Å². The molecule has 0 unspecified atom stereocenters. The van der Waals surface area contributed by atoms with Gasteiger partial charge in [-0.2, -0.15) is 0 Å². The van der Waals surface area contributed by atoms with Crippen LogP contribution in [-0.4, -0.2) is 167 Å². The third-order valence-corrected chi connectivity index (χ3v) is 20.3. The lowest BCUT2D eigenvalue weighted by Gasteiger charge is -2.41. The van der Waals surface area contributed by atoms with Crippen LogP contribution in [-0.2, 0) is 50.4 Å². The van der Waals surface area contributed by atoms with Crippen LogP contribution in [0.2, 0.25) is 0 Å². The van der Waals surface area contributed by atoms with Crippen molar-refractivity contribution in [2.75, 3.05) is 55.7 Å². The second kappa shape index (κ2) is 25.5. The van der Waals surface area contributed by atoms with Gasteiger partial charge in [-0.15, -0.1) is 0 Å². The molecule has 0 bridgehead atoms. The lowest BCUT2D eigenvalue weighted by molar-refractivity contribution is -0.142. The molecule has 0 saturated carbocycles. The van der Waals surface area contributed by atoms with Crippen molar-refractivity contribution in [2.24, 2.45) is 0 Å². The maximum atomic E-state index is 14.6. The number of benzene rings is 2. The zero-order chi connectivity index (χ0) is 60.3. The Morgan fingerprint density at radius 1 is 0.639 bits per heavy atom. The van der Waals surface area contributed by atoms with Crippen molar-refractivity contribution < 1.29 is 75.1 Å². The van der Waals surface area contributed by atoms with E-state index in [0.29, 0.717) is 53.7 Å². The van der Waals surface area contributed by atoms with Crippen molar-refractivity contribution in [3.8, 4) is 23.0 Å². The number of ether oxygens (including phenoxy) is 4. The van der Waals surface area contributed by atoms with Crippen LogP contribution >= 0.6 is 0 Å². The Morgan fingerprint density at radius 2 is 1.06 bits per heavy atom. The first kappa shape index (κ1) is 62.8. The average Bonchev–Trinajstić information content (AvgIpc) is 2.06. The van der Waals surface area contributed by atoms with Gasteiger partial charge >= 0.3 is 18.2 Å². The number of hydrogen-bond acceptors (Lipinski definition) is 15. The largest absolute Gasteiger partial charge is 0.484 e. The molecule has 5 atom stereocenters. The number of nitrogens with zero attached hydrogens (tertiary/aromatic N) is 4. The van der Waals surface area contributed by atoms with Gasteiger partial charge in [0.05, 0.1) is 59.4 Å². The number of sulfone groups is 2. The van der Waals surface area contributed by atoms with E-state index in [2.05, 4.69) is 45.1 Å². The maximum Gasteiger partial charge on any atom is 0.415 e. The SMILES string of the molecule is CC(C)=CCC/C(C)=C/CC[C@@]1(C)Oc2c(c(OC(=O)N3CCS(=O)(=O)CC3)cc3c2CN(CCC[C@@H](C(=O)O)N2Cc4c(cc(OC(=O)N5CCS(=O)(=O)CC5)c5c4O[C@](C)(CC/C=C(\C)CCC=C(C)C)[C@@H](O)C5)C2=O)C3=O)C[C@@H]1O. The number of fused-ring (bicyclic) bond motifs is 6. The topological polar surface area (TPSA) is 264 Å². The molecule has 6 aliphatic heterocycles. The smallest absolute Gasteiger partial charge is 0.415 e. The standard InChI is InChI=1S/C61H82N4O16S2/c1-38(2)14-9-16-40(5)18-11-21-60(7)51(66)34-44-49(78-58(72)62-24-28-82(74,75)29-25-62)32-42-46(53(44)80-60)36-64(55(42)68)23-13-20-48(57(70)71)65-37-47-43(56(65)69)33-50(79-59(73)63-26-30-83(76,77)31-27-63)45-35-52(67)61(8,81-54(45)47)22-12-19-41(6)17-10-15-39(3)4/h14-15,18-19,32-33,48,51-52,66-67H,9-13,16-17,20-31,34-37H2,1-8H3,(H,70,71)/b40-18+,41-19+/t48-,51-,52-,60+,61+/m0/s1. The highest BCUT2D eigenvalue weighted by Gasteiger charge is 2.48. The van der Waals surface area contributed by atoms with Crippen molar-refractivity contribution in [2.45, 2.75) is 175 Å². The van der Waals surface area contributed by atoms with Gasteiger partial charge in [0.1, 0.15) is 40.2 Å². The Balaban J connectivity index is 1.02. The van der Waals surface area contributed by atoms with Crippen LogP contribution in [0.4, 0.5) is 9.59 Å². The van der Waals surface area contributed by atoms with E-state index in [0.717, 1.165) is 25.7 Å². The summed E-state index contributed by atoms with van der Waals surface area (Å²) in [5.41, 5.74) is 4.36. The van der Waals surface area contributed by atoms with Crippen LogP contribution in [0.1, 0.15) is 163 Å². The number of allylic oxidation sites excluding steroid dienone is 8. The molecular formula is C61H82N4O16S2. The number of rotatable bonds is 20. The van der Waals surface area contributed by atoms with Crippen LogP contribution < -0.4 is 18.9 Å². The predicted molar refractivity (Wildman–Crippen MR) is 311 cm³/mol. The fourth-order valence-electron chi connectivity index (χ4n) is 11.7. The number of hydrogen-bond donors (Lipinski definition) is 3. The van der Waals surface area contributed by atoms with Crippen LogP contribution in [0.25, 0.3) is 0 Å². The molecular weight excluding hydrogens is 1110 g/mol. The summed E-state index contributed by atoms with van der Waals surface area (Å²) in [6.07, 6.45) is 10.3. The summed E-state index contributed by atoms with van der Waals surface area (Å²) >= 11 is 0. The van der Waals surface area contributed by atoms with Gasteiger partial charge in [0.2, 0.25) is 0 Å². The molecule has 6 heterocycles. The van der Waals surface area contributed by atoms with Gasteiger partial charge in [-0.1, -0.05) is 46.6 Å². The molecule has 2 aromatic rings. The Bertz CT molecular complexity index is 3220. The number of carbonyl (C=O) groups excluding carboxylic acids is 4. The Labute approximate surface area is 488 Å². The second-order valence-electron chi connectivity index (χ2n) is 24.2. The molecule has 2 saturated heterocycles. The van der Waals surface area contributed by atoms with Gasteiger partial charge in [-0.25, -0.2) is 31.2 Å². The normalized spacial score (nSPS) is 23.9. The second-order valence-corrected chi connectivity index (χ2v) is 28.8. The number of aliphatic hydroxyl groups is 2. The lowest BCUT2D eigenvalue weighted by Crippen LogP contribution is -2.49. The third kappa shape index (κ3) is 14.6. The van der Waals surface area contributed by atoms with E-state index in [9.17, 15) is 56.1 Å². The molecule has 20 nitrogen and oxygen atoms in total. The summed E-state index contributed by atoms with van der Waals surface area (Å²) in [7, 11) is -6.66. The van der Waals surface area contributed by atoms with Crippen molar-refractivity contribution >= 4 is 49.6 Å². The molecule has 0 radical (unpaired) electrons. The maximum absolute atomic E-state index is 14.6. The van der Waals surface area contributed by atoms with E-state index in [1.165, 1.54) is 54.0 Å². The minimum atomic E-state index is -3.34. The van der Waals surface area contributed by atoms with E-state index in [1.54, 1.807) is 6.92 Å². The van der Waals surface area contributed by atoms with E-state index in [1.807, 2.05) is 27.7 Å². The van der Waals surface area contributed by atoms with Gasteiger partial charge in [0.15, 0.2) is 19.7 Å². The van der Waals surface area contributed by atoms with Crippen molar-refractivity contribution in [3.63, 3.8) is 0 Å². The number of aliphatic carboxylic acids is 1. The zero-order valence-corrected chi connectivity index (χ0v) is 50.8. The van der Waals surface area contributed by atoms with Crippen molar-refractivity contribution in [1.82, 2.24) is 19.6 Å². The number of aliphatic hydroxyl groups excluding tert-OH is 2. The molecule has 2 aromatic carbocycles. The molecule has 8 rings (SSSR count). The average molecular weight is 1190 g/mol. The predicted octanol–water partition coefficient (Wildman–Crippen LogP) is 8.05. The highest BCUT2D eigenvalue weighted by Crippen LogP contribution is 2.49. The van der Waals surface area contributed by atoms with Crippen LogP contribution in [0.5, 0.6) is 23.0 Å². The first-order valence-electron chi connectivity index (χ1n) is 28.9. The van der Waals surface area contributed by atoms with Gasteiger partial charge < -0.3 is 53.9 Å². The lowest BCUT2D eigenvalue weighted by atomic mass is 9.84. The zero-order valence-electron chi connectivity index (χ0n) is 49.2. The molecule has 454 valence electrons. The van der Waals surface area contributed by atoms with Gasteiger partial charge in [-0.3, -0.25) is 9.59 Å². The summed E-state index contributed by atoms with van der Waals surface area (Å²) in [5, 5.41) is 34.3. The molecule has 3 N–H and O–H groups in total. The van der Waals surface area contributed by atoms with E-state index in [4.69, 9.17) is 18.9 Å². The minimum Gasteiger partial charge on any atom is -0.484 e. The molecule has 4 amide bonds. The number of carboxylic acids is 1. The summed E-state index contributed by atoms with van der Waals surface area (Å²) in [6, 6.07) is 1.42. The van der Waals surface area contributed by atoms with Crippen molar-refractivity contribution in [3.05, 3.63) is 92.1 Å². The van der Waals surface area contributed by atoms with E-state index < -0.39 is 79.1 Å². The summed E-state index contributed by atoms with van der Waals surface area (Å²) in [5.74, 6) is -2.92. The van der Waals surface area contributed by atoms with Gasteiger partial charge in [0.25, 0.3) is 11.8 Å². The summed E-state index contributed by atoms with van der Waals surface area (Å²) < 4.78 is 74.2. The highest BCUT2D eigenvalue weighted by atomic mass is 32.2. The molecule has 22 heteroatoms. The summed E-state index contributed by atoms with van der Waals surface area (Å²) in [4.78, 5) is 75.0. The third-order valence-electron chi connectivity index (χ3n) is 17.1. The molecule has 2 fully saturated rings. The number of carboxylic acid groups (broad SMARTS) is 1. The quantitative estimate of drug-likeness (QED) is 0.106. The minimum absolute atomic E-state index is 0.0000629. The molecule has 0 aliphatic carbocycles. The number of carbonyl (C=O) groups is 5. The molecule has 83 heavy (non-hydrogen) atoms. The van der Waals surface area contributed by atoms with Crippen LogP contribution in [0.15, 0.2) is 58.7 Å². The first-order chi connectivity index (χ1) is 39.1. The first-order valence-corrected chi connectivity index (χ1v) is 32.6. The Hall–Kier alpha value is -6.23. The monoisotopic (exact) mass is 1190 g/mol. The Kier molecular flexibility index (Phi) is 19.3. The van der Waals surface area contributed by atoms with Crippen molar-refractivity contribution in [1.29, 1.82) is 0 Å². The van der Waals surface area contributed by atoms with E-state index >= 15 is 0 Å². The molecule has 0 spiro atoms. The number of amides is 4. The van der Waals surface area contributed by atoms with Gasteiger partial charge in [-0.05, 0) is 132 Å². The fraction of sp³-hybridized carbons (Fsp3) is 0.590. The highest BCUT2D eigenvalue weighted by molar-refractivity contribution is 7.91. The molecule has 0 aromatic heterocycles. The fourth-order valence-corrected chi connectivity index (χ4v) is 14.1. The van der Waals surface area contributed by atoms with Crippen LogP contribution in [0.3, 0.4) is 0 Å². The van der Waals surface area contributed by atoms with Gasteiger partial charge in [0, 0.05) is 67.8 Å². The van der Waals surface area contributed by atoms with E-state index in [-0.39, 0.29) is 123 Å². The molecule has 6 aliphatic rings. The Morgan fingerprint density at radius 3 is 1.48 bits per heavy atom.